The van der Waals surface area contributed by atoms with Crippen molar-refractivity contribution in [2.75, 3.05) is 19.5 Å². The van der Waals surface area contributed by atoms with Crippen LogP contribution in [0.25, 0.3) is 11.1 Å². The van der Waals surface area contributed by atoms with Crippen LogP contribution in [0, 0.1) is 0 Å². The second-order valence-corrected chi connectivity index (χ2v) is 7.67. The van der Waals surface area contributed by atoms with E-state index in [0.29, 0.717) is 16.9 Å². The maximum absolute atomic E-state index is 12.9. The molecule has 0 saturated carbocycles. The molecule has 2 aromatic carbocycles. The van der Waals surface area contributed by atoms with Gasteiger partial charge in [-0.2, -0.15) is 8.42 Å². The highest BCUT2D eigenvalue weighted by Gasteiger charge is 2.26. The van der Waals surface area contributed by atoms with Crippen molar-refractivity contribution in [2.45, 2.75) is 19.4 Å². The normalized spacial score (nSPS) is 12.1. The molecule has 29 heavy (non-hydrogen) atoms. The third kappa shape index (κ3) is 6.30. The van der Waals surface area contributed by atoms with Crippen molar-refractivity contribution >= 4 is 22.0 Å². The Morgan fingerprint density at radius 3 is 2.31 bits per heavy atom. The van der Waals surface area contributed by atoms with E-state index in [4.69, 9.17) is 14.0 Å². The fraction of sp³-hybridized carbons (Fsp3) is 0.300. The van der Waals surface area contributed by atoms with Crippen molar-refractivity contribution in [3.05, 3.63) is 54.1 Å². The van der Waals surface area contributed by atoms with Crippen LogP contribution in [0.2, 0.25) is 0 Å². The third-order valence-corrected chi connectivity index (χ3v) is 4.86. The van der Waals surface area contributed by atoms with Crippen LogP contribution >= 0.6 is 0 Å². The molecule has 0 spiro atoms. The number of benzene rings is 2. The van der Waals surface area contributed by atoms with Gasteiger partial charge in [0.15, 0.2) is 0 Å². The lowest BCUT2D eigenvalue weighted by molar-refractivity contribution is -0.145. The molecule has 0 aromatic heterocycles. The molecule has 2 N–H and O–H groups in total. The number of ether oxygens (including phenoxy) is 2. The molecule has 1 atom stereocenters. The number of para-hydroxylation sites is 1. The van der Waals surface area contributed by atoms with Gasteiger partial charge in [-0.05, 0) is 31.0 Å². The first kappa shape index (κ1) is 22.4. The van der Waals surface area contributed by atoms with Gasteiger partial charge >= 0.3 is 5.97 Å². The average Bonchev–Trinajstić information content (AvgIpc) is 2.70. The molecule has 0 aliphatic carbocycles. The molecule has 9 heteroatoms. The fourth-order valence-electron chi connectivity index (χ4n) is 2.78. The van der Waals surface area contributed by atoms with Crippen LogP contribution in [0.4, 0.5) is 0 Å². The quantitative estimate of drug-likeness (QED) is 0.471. The van der Waals surface area contributed by atoms with Gasteiger partial charge < -0.3 is 14.8 Å². The van der Waals surface area contributed by atoms with E-state index in [0.717, 1.165) is 0 Å². The summed E-state index contributed by atoms with van der Waals surface area (Å²) in [7, 11) is -2.78. The summed E-state index contributed by atoms with van der Waals surface area (Å²) in [5, 5.41) is 2.51. The third-order valence-electron chi connectivity index (χ3n) is 4.11. The Labute approximate surface area is 169 Å². The molecular formula is C20H23NO7S. The molecule has 0 fully saturated rings. The zero-order valence-electron chi connectivity index (χ0n) is 16.1. The van der Waals surface area contributed by atoms with E-state index in [1.807, 2.05) is 0 Å². The topological polar surface area (TPSA) is 119 Å². The van der Waals surface area contributed by atoms with Gasteiger partial charge in [-0.1, -0.05) is 36.4 Å². The van der Waals surface area contributed by atoms with E-state index in [-0.39, 0.29) is 18.6 Å². The lowest BCUT2D eigenvalue weighted by atomic mass is 9.98. The monoisotopic (exact) mass is 421 g/mol. The fourth-order valence-corrected chi connectivity index (χ4v) is 3.31. The van der Waals surface area contributed by atoms with Gasteiger partial charge in [-0.3, -0.25) is 9.35 Å². The summed E-state index contributed by atoms with van der Waals surface area (Å²) < 4.78 is 41.4. The summed E-state index contributed by atoms with van der Waals surface area (Å²) in [5.74, 6) is -1.48. The van der Waals surface area contributed by atoms with Gasteiger partial charge in [0.2, 0.25) is 0 Å². The molecule has 1 amide bonds. The van der Waals surface area contributed by atoms with Crippen LogP contribution in [0.15, 0.2) is 48.5 Å². The number of nitrogens with one attached hydrogen (secondary N) is 1. The second kappa shape index (κ2) is 10.0. The lowest BCUT2D eigenvalue weighted by Gasteiger charge is -2.18. The van der Waals surface area contributed by atoms with Crippen LogP contribution in [0.3, 0.4) is 0 Å². The van der Waals surface area contributed by atoms with Crippen molar-refractivity contribution in [3.8, 4) is 16.9 Å². The first-order valence-corrected chi connectivity index (χ1v) is 10.5. The Bertz CT molecular complexity index is 972. The number of methoxy groups -OCH3 is 1. The van der Waals surface area contributed by atoms with Crippen molar-refractivity contribution in [3.63, 3.8) is 0 Å². The van der Waals surface area contributed by atoms with E-state index in [1.165, 1.54) is 7.11 Å². The first-order chi connectivity index (χ1) is 13.8. The van der Waals surface area contributed by atoms with E-state index >= 15 is 0 Å². The van der Waals surface area contributed by atoms with E-state index < -0.39 is 33.8 Å². The number of esters is 1. The standard InChI is InChI=1S/C20H23NO7S/c1-3-28-20(23)17(12-13-29(24,25)26)21-19(22)16-10-5-4-8-14(16)15-9-6-7-11-18(15)27-2/h4-11,17H,3,12-13H2,1-2H3,(H,21,22)(H,24,25,26)/t17-/m0/s1. The summed E-state index contributed by atoms with van der Waals surface area (Å²) in [4.78, 5) is 25.1. The molecule has 8 nitrogen and oxygen atoms in total. The minimum absolute atomic E-state index is 0.0644. The second-order valence-electron chi connectivity index (χ2n) is 6.10. The van der Waals surface area contributed by atoms with Crippen LogP contribution < -0.4 is 10.1 Å². The Balaban J connectivity index is 2.34. The summed E-state index contributed by atoms with van der Waals surface area (Å²) in [6.07, 6.45) is -0.319. The Hall–Kier alpha value is -2.91. The zero-order chi connectivity index (χ0) is 21.4. The van der Waals surface area contributed by atoms with Gasteiger partial charge in [-0.25, -0.2) is 4.79 Å². The molecule has 0 bridgehead atoms. The number of carbonyl (C=O) groups is 2. The Morgan fingerprint density at radius 1 is 1.07 bits per heavy atom. The van der Waals surface area contributed by atoms with Crippen LogP contribution in [-0.2, 0) is 19.6 Å². The van der Waals surface area contributed by atoms with Crippen LogP contribution in [0.1, 0.15) is 23.7 Å². The van der Waals surface area contributed by atoms with E-state index in [2.05, 4.69) is 5.32 Å². The minimum atomic E-state index is -4.30. The lowest BCUT2D eigenvalue weighted by Crippen LogP contribution is -2.43. The van der Waals surface area contributed by atoms with Crippen LogP contribution in [-0.4, -0.2) is 50.4 Å². The van der Waals surface area contributed by atoms with Gasteiger partial charge in [0, 0.05) is 11.1 Å². The van der Waals surface area contributed by atoms with Crippen molar-refractivity contribution in [1.29, 1.82) is 0 Å². The number of hydrogen-bond donors (Lipinski definition) is 2. The average molecular weight is 421 g/mol. The maximum Gasteiger partial charge on any atom is 0.328 e. The van der Waals surface area contributed by atoms with Crippen molar-refractivity contribution < 1.29 is 32.0 Å². The summed E-state index contributed by atoms with van der Waals surface area (Å²) in [5.41, 5.74) is 1.55. The van der Waals surface area contributed by atoms with Crippen molar-refractivity contribution in [1.82, 2.24) is 5.32 Å². The zero-order valence-corrected chi connectivity index (χ0v) is 16.9. The van der Waals surface area contributed by atoms with E-state index in [9.17, 15) is 18.0 Å². The summed E-state index contributed by atoms with van der Waals surface area (Å²) >= 11 is 0. The van der Waals surface area contributed by atoms with Gasteiger partial charge in [0.25, 0.3) is 16.0 Å². The highest BCUT2D eigenvalue weighted by molar-refractivity contribution is 7.85. The molecule has 0 saturated heterocycles. The minimum Gasteiger partial charge on any atom is -0.496 e. The number of carbonyl (C=O) groups excluding carboxylic acids is 2. The molecule has 0 aliphatic rings. The number of amides is 1. The molecule has 0 aliphatic heterocycles. The molecule has 156 valence electrons. The molecule has 0 heterocycles. The SMILES string of the molecule is CCOC(=O)[C@H](CCS(=O)(=O)O)NC(=O)c1ccccc1-c1ccccc1OC. The van der Waals surface area contributed by atoms with E-state index in [1.54, 1.807) is 55.5 Å². The first-order valence-electron chi connectivity index (χ1n) is 8.92. The number of rotatable bonds is 9. The van der Waals surface area contributed by atoms with Gasteiger partial charge in [0.05, 0.1) is 19.5 Å². The van der Waals surface area contributed by atoms with Gasteiger partial charge in [0.1, 0.15) is 11.8 Å². The maximum atomic E-state index is 12.9. The molecule has 0 unspecified atom stereocenters. The Kier molecular flexibility index (Phi) is 7.74. The number of hydrogen-bond acceptors (Lipinski definition) is 6. The molecule has 2 aromatic rings. The van der Waals surface area contributed by atoms with Crippen molar-refractivity contribution in [2.24, 2.45) is 0 Å². The van der Waals surface area contributed by atoms with Crippen LogP contribution in [0.5, 0.6) is 5.75 Å². The smallest absolute Gasteiger partial charge is 0.328 e. The molecule has 0 radical (unpaired) electrons. The predicted molar refractivity (Wildman–Crippen MR) is 107 cm³/mol. The summed E-state index contributed by atoms with van der Waals surface area (Å²) in [6, 6.07) is 12.7. The summed E-state index contributed by atoms with van der Waals surface area (Å²) in [6.45, 7) is 1.66. The highest BCUT2D eigenvalue weighted by Crippen LogP contribution is 2.32. The Morgan fingerprint density at radius 2 is 1.69 bits per heavy atom. The largest absolute Gasteiger partial charge is 0.496 e. The molecule has 2 rings (SSSR count). The predicted octanol–water partition coefficient (Wildman–Crippen LogP) is 2.30. The van der Waals surface area contributed by atoms with Gasteiger partial charge in [-0.15, -0.1) is 0 Å². The highest BCUT2D eigenvalue weighted by atomic mass is 32.2. The molecular weight excluding hydrogens is 398 g/mol.